The third-order valence-corrected chi connectivity index (χ3v) is 3.66. The van der Waals surface area contributed by atoms with Gasteiger partial charge >= 0.3 is 0 Å². The number of nitrogens with one attached hydrogen (secondary N) is 2. The number of fused-ring (bicyclic) bond motifs is 1. The molecule has 1 aliphatic rings. The van der Waals surface area contributed by atoms with Gasteiger partial charge in [-0.05, 0) is 30.9 Å². The molecule has 1 aromatic heterocycles. The van der Waals surface area contributed by atoms with E-state index in [0.29, 0.717) is 12.1 Å². The van der Waals surface area contributed by atoms with Gasteiger partial charge in [0.25, 0.3) is 0 Å². The summed E-state index contributed by atoms with van der Waals surface area (Å²) in [5.41, 5.74) is 0.189. The Bertz CT molecular complexity index is 629. The van der Waals surface area contributed by atoms with E-state index < -0.39 is 23.3 Å². The van der Waals surface area contributed by atoms with Crippen molar-refractivity contribution in [2.75, 3.05) is 13.1 Å². The Morgan fingerprint density at radius 2 is 1.74 bits per heavy atom. The molecule has 2 heterocycles. The second-order valence-corrected chi connectivity index (χ2v) is 4.79. The molecule has 0 bridgehead atoms. The fourth-order valence-electron chi connectivity index (χ4n) is 2.70. The van der Waals surface area contributed by atoms with Gasteiger partial charge in [-0.3, -0.25) is 0 Å². The van der Waals surface area contributed by atoms with Gasteiger partial charge in [0.15, 0.2) is 23.3 Å². The molecule has 1 fully saturated rings. The van der Waals surface area contributed by atoms with Gasteiger partial charge in [-0.25, -0.2) is 17.6 Å². The molecule has 0 saturated carbocycles. The van der Waals surface area contributed by atoms with Crippen molar-refractivity contribution in [3.05, 3.63) is 35.0 Å². The molecule has 3 rings (SSSR count). The molecule has 0 aliphatic carbocycles. The van der Waals surface area contributed by atoms with E-state index in [1.54, 1.807) is 0 Å². The van der Waals surface area contributed by atoms with Crippen LogP contribution in [0.4, 0.5) is 17.6 Å². The molecule has 6 heteroatoms. The van der Waals surface area contributed by atoms with Crippen LogP contribution < -0.4 is 5.32 Å². The minimum atomic E-state index is -1.78. The van der Waals surface area contributed by atoms with E-state index in [0.717, 1.165) is 19.4 Å². The predicted octanol–water partition coefficient (Wildman–Crippen LogP) is 3.19. The van der Waals surface area contributed by atoms with Gasteiger partial charge < -0.3 is 10.3 Å². The van der Waals surface area contributed by atoms with Gasteiger partial charge in [0, 0.05) is 18.1 Å². The molecule has 1 saturated heterocycles. The minimum absolute atomic E-state index is 0.0266. The Kier molecular flexibility index (Phi) is 2.97. The third kappa shape index (κ3) is 1.82. The van der Waals surface area contributed by atoms with Gasteiger partial charge in [-0.2, -0.15) is 0 Å². The second-order valence-electron chi connectivity index (χ2n) is 4.79. The van der Waals surface area contributed by atoms with Crippen LogP contribution in [0.25, 0.3) is 10.9 Å². The van der Waals surface area contributed by atoms with Gasteiger partial charge in [-0.1, -0.05) is 0 Å². The number of piperidine rings is 1. The topological polar surface area (TPSA) is 27.8 Å². The lowest BCUT2D eigenvalue weighted by atomic mass is 9.91. The van der Waals surface area contributed by atoms with E-state index in [1.165, 1.54) is 6.20 Å². The van der Waals surface area contributed by atoms with Crippen molar-refractivity contribution in [1.82, 2.24) is 10.3 Å². The monoisotopic (exact) mass is 272 g/mol. The molecule has 19 heavy (non-hydrogen) atoms. The van der Waals surface area contributed by atoms with Gasteiger partial charge in [0.1, 0.15) is 0 Å². The van der Waals surface area contributed by atoms with Crippen LogP contribution >= 0.6 is 0 Å². The molecule has 1 unspecified atom stereocenters. The standard InChI is InChI=1S/C13H12F4N2/c14-9-8-7(6-2-1-3-18-4-6)5-19-13(8)12(17)11(16)10(9)15/h5-6,18-19H,1-4H2. The molecule has 1 atom stereocenters. The van der Waals surface area contributed by atoms with Crippen molar-refractivity contribution >= 4 is 10.9 Å². The van der Waals surface area contributed by atoms with E-state index in [-0.39, 0.29) is 16.8 Å². The first-order valence-corrected chi connectivity index (χ1v) is 6.15. The Morgan fingerprint density at radius 1 is 1.00 bits per heavy atom. The molecular weight excluding hydrogens is 260 g/mol. The van der Waals surface area contributed by atoms with Crippen molar-refractivity contribution in [3.8, 4) is 0 Å². The van der Waals surface area contributed by atoms with Crippen LogP contribution in [0.15, 0.2) is 6.20 Å². The quantitative estimate of drug-likeness (QED) is 0.466. The highest BCUT2D eigenvalue weighted by molar-refractivity contribution is 5.85. The zero-order chi connectivity index (χ0) is 13.6. The average Bonchev–Trinajstić information content (AvgIpc) is 2.88. The first kappa shape index (κ1) is 12.5. The first-order valence-electron chi connectivity index (χ1n) is 6.15. The number of rotatable bonds is 1. The van der Waals surface area contributed by atoms with Crippen molar-refractivity contribution in [2.45, 2.75) is 18.8 Å². The number of aromatic nitrogens is 1. The summed E-state index contributed by atoms with van der Waals surface area (Å²) in [6.45, 7) is 1.49. The fourth-order valence-corrected chi connectivity index (χ4v) is 2.70. The van der Waals surface area contributed by atoms with E-state index in [2.05, 4.69) is 10.3 Å². The highest BCUT2D eigenvalue weighted by atomic mass is 19.2. The smallest absolute Gasteiger partial charge is 0.199 e. The Morgan fingerprint density at radius 3 is 2.42 bits per heavy atom. The van der Waals surface area contributed by atoms with Crippen LogP contribution in [0, 0.1) is 23.3 Å². The van der Waals surface area contributed by atoms with Crippen molar-refractivity contribution in [1.29, 1.82) is 0 Å². The molecule has 2 nitrogen and oxygen atoms in total. The lowest BCUT2D eigenvalue weighted by Gasteiger charge is -2.22. The van der Waals surface area contributed by atoms with E-state index in [4.69, 9.17) is 0 Å². The minimum Gasteiger partial charge on any atom is -0.358 e. The summed E-state index contributed by atoms with van der Waals surface area (Å²) in [5, 5.41) is 2.97. The average molecular weight is 272 g/mol. The summed E-state index contributed by atoms with van der Waals surface area (Å²) in [6.07, 6.45) is 3.15. The molecule has 102 valence electrons. The van der Waals surface area contributed by atoms with E-state index in [9.17, 15) is 17.6 Å². The molecule has 1 aromatic carbocycles. The molecule has 2 aromatic rings. The summed E-state index contributed by atoms with van der Waals surface area (Å²) in [4.78, 5) is 2.51. The molecular formula is C13H12F4N2. The molecule has 2 N–H and O–H groups in total. The molecule has 1 aliphatic heterocycles. The lowest BCUT2D eigenvalue weighted by Crippen LogP contribution is -2.28. The number of aromatic amines is 1. The van der Waals surface area contributed by atoms with Crippen LogP contribution in [-0.2, 0) is 0 Å². The number of H-pyrrole nitrogens is 1. The predicted molar refractivity (Wildman–Crippen MR) is 63.0 cm³/mol. The maximum atomic E-state index is 13.9. The lowest BCUT2D eigenvalue weighted by molar-refractivity contribution is 0.416. The van der Waals surface area contributed by atoms with Gasteiger partial charge in [0.05, 0.1) is 5.52 Å². The number of hydrogen-bond donors (Lipinski definition) is 2. The highest BCUT2D eigenvalue weighted by Gasteiger charge is 2.27. The number of benzene rings is 1. The van der Waals surface area contributed by atoms with Crippen molar-refractivity contribution in [2.24, 2.45) is 0 Å². The molecule has 0 amide bonds. The number of halogens is 4. The zero-order valence-electron chi connectivity index (χ0n) is 9.99. The maximum Gasteiger partial charge on any atom is 0.199 e. The number of hydrogen-bond acceptors (Lipinski definition) is 1. The van der Waals surface area contributed by atoms with E-state index in [1.807, 2.05) is 0 Å². The van der Waals surface area contributed by atoms with Crippen molar-refractivity contribution < 1.29 is 17.6 Å². The van der Waals surface area contributed by atoms with E-state index >= 15 is 0 Å². The molecule has 0 spiro atoms. The normalized spacial score (nSPS) is 20.1. The molecule has 0 radical (unpaired) electrons. The van der Waals surface area contributed by atoms with Gasteiger partial charge in [0.2, 0.25) is 0 Å². The highest BCUT2D eigenvalue weighted by Crippen LogP contribution is 2.34. The van der Waals surface area contributed by atoms with Gasteiger partial charge in [-0.15, -0.1) is 0 Å². The van der Waals surface area contributed by atoms with Crippen LogP contribution in [0.3, 0.4) is 0 Å². The maximum absolute atomic E-state index is 13.9. The largest absolute Gasteiger partial charge is 0.358 e. The zero-order valence-corrected chi connectivity index (χ0v) is 9.99. The Balaban J connectivity index is 2.22. The first-order chi connectivity index (χ1) is 9.11. The summed E-state index contributed by atoms with van der Waals surface area (Å²) in [7, 11) is 0. The summed E-state index contributed by atoms with van der Waals surface area (Å²) < 4.78 is 53.9. The van der Waals surface area contributed by atoms with Crippen molar-refractivity contribution in [3.63, 3.8) is 0 Å². The summed E-state index contributed by atoms with van der Waals surface area (Å²) in [6, 6.07) is 0. The Hall–Kier alpha value is -1.56. The summed E-state index contributed by atoms with van der Waals surface area (Å²) >= 11 is 0. The van der Waals surface area contributed by atoms with Crippen LogP contribution in [-0.4, -0.2) is 18.1 Å². The van der Waals surface area contributed by atoms with Crippen LogP contribution in [0.1, 0.15) is 24.3 Å². The fraction of sp³-hybridized carbons (Fsp3) is 0.385. The second kappa shape index (κ2) is 4.52. The van der Waals surface area contributed by atoms with Crippen LogP contribution in [0.2, 0.25) is 0 Å². The van der Waals surface area contributed by atoms with Crippen LogP contribution in [0.5, 0.6) is 0 Å². The SMILES string of the molecule is Fc1c(F)c(F)c2c(C3CCCNC3)c[nH]c2c1F. The third-order valence-electron chi connectivity index (χ3n) is 3.66. The Labute approximate surface area is 106 Å². The summed E-state index contributed by atoms with van der Waals surface area (Å²) in [5.74, 6) is -6.25.